The van der Waals surface area contributed by atoms with E-state index < -0.39 is 6.10 Å². The number of aliphatic hydroxyl groups is 1. The second kappa shape index (κ2) is 7.89. The fourth-order valence-electron chi connectivity index (χ4n) is 3.61. The lowest BCUT2D eigenvalue weighted by Crippen LogP contribution is -2.05. The van der Waals surface area contributed by atoms with Gasteiger partial charge in [-0.3, -0.25) is 4.40 Å². The van der Waals surface area contributed by atoms with Crippen LogP contribution in [-0.2, 0) is 6.54 Å². The van der Waals surface area contributed by atoms with Crippen molar-refractivity contribution in [3.8, 4) is 28.7 Å². The van der Waals surface area contributed by atoms with E-state index in [0.717, 1.165) is 17.0 Å². The third-order valence-corrected chi connectivity index (χ3v) is 5.17. The average molecular weight is 430 g/mol. The Morgan fingerprint density at radius 1 is 1.12 bits per heavy atom. The van der Waals surface area contributed by atoms with E-state index in [2.05, 4.69) is 25.0 Å². The van der Waals surface area contributed by atoms with Crippen molar-refractivity contribution in [3.63, 3.8) is 0 Å². The highest BCUT2D eigenvalue weighted by molar-refractivity contribution is 5.76. The van der Waals surface area contributed by atoms with Crippen LogP contribution >= 0.6 is 0 Å². The second-order valence-electron chi connectivity index (χ2n) is 7.45. The molecule has 2 N–H and O–H groups in total. The maximum atomic E-state index is 9.96. The predicted molar refractivity (Wildman–Crippen MR) is 117 cm³/mol. The Bertz CT molecular complexity index is 1370. The molecule has 0 spiro atoms. The van der Waals surface area contributed by atoms with Gasteiger partial charge in [-0.2, -0.15) is 5.10 Å². The number of ether oxygens (including phenoxy) is 1. The number of nitrogens with zero attached hydrogens (tertiary/aromatic N) is 7. The number of aryl methyl sites for hydroxylation is 1. The molecule has 0 aliphatic rings. The molecule has 0 saturated carbocycles. The van der Waals surface area contributed by atoms with Gasteiger partial charge in [0, 0.05) is 12.4 Å². The van der Waals surface area contributed by atoms with Gasteiger partial charge in [0.2, 0.25) is 5.78 Å². The summed E-state index contributed by atoms with van der Waals surface area (Å²) < 4.78 is 8.92. The van der Waals surface area contributed by atoms with Gasteiger partial charge >= 0.3 is 0 Å². The molecule has 4 heterocycles. The summed E-state index contributed by atoms with van der Waals surface area (Å²) in [6.45, 7) is 4.04. The molecule has 0 bridgehead atoms. The topological polar surface area (TPSA) is 119 Å². The molecule has 0 saturated heterocycles. The van der Waals surface area contributed by atoms with Gasteiger partial charge in [0.1, 0.15) is 28.7 Å². The van der Waals surface area contributed by atoms with E-state index in [1.807, 2.05) is 46.5 Å². The predicted octanol–water partition coefficient (Wildman–Crippen LogP) is 2.80. The lowest BCUT2D eigenvalue weighted by atomic mass is 10.2. The summed E-state index contributed by atoms with van der Waals surface area (Å²) in [5.74, 6) is 2.49. The summed E-state index contributed by atoms with van der Waals surface area (Å²) in [5, 5.41) is 14.6. The quantitative estimate of drug-likeness (QED) is 0.425. The Labute approximate surface area is 183 Å². The Hall–Kier alpha value is -4.05. The lowest BCUT2D eigenvalue weighted by molar-refractivity contribution is 0.194. The number of methoxy groups -OCH3 is 1. The van der Waals surface area contributed by atoms with Gasteiger partial charge in [-0.15, -0.1) is 0 Å². The third kappa shape index (κ3) is 3.50. The van der Waals surface area contributed by atoms with Gasteiger partial charge in [-0.1, -0.05) is 12.1 Å². The minimum atomic E-state index is -0.699. The van der Waals surface area contributed by atoms with Crippen LogP contribution in [0.4, 0.5) is 0 Å². The zero-order valence-corrected chi connectivity index (χ0v) is 17.9. The van der Waals surface area contributed by atoms with E-state index in [1.165, 1.54) is 0 Å². The van der Waals surface area contributed by atoms with Crippen LogP contribution in [0.2, 0.25) is 0 Å². The zero-order valence-electron chi connectivity index (χ0n) is 17.9. The highest BCUT2D eigenvalue weighted by Gasteiger charge is 2.23. The molecule has 1 atom stereocenters. The summed E-state index contributed by atoms with van der Waals surface area (Å²) in [6.07, 6.45) is 4.55. The Balaban J connectivity index is 1.66. The van der Waals surface area contributed by atoms with Crippen LogP contribution in [0.25, 0.3) is 28.7 Å². The number of imidazole rings is 2. The molecule has 32 heavy (non-hydrogen) atoms. The fourth-order valence-corrected chi connectivity index (χ4v) is 3.61. The Kier molecular flexibility index (Phi) is 4.91. The summed E-state index contributed by atoms with van der Waals surface area (Å²) in [7, 11) is 1.64. The zero-order chi connectivity index (χ0) is 22.2. The minimum Gasteiger partial charge on any atom is -0.497 e. The molecule has 0 radical (unpaired) electrons. The van der Waals surface area contributed by atoms with Crippen LogP contribution < -0.4 is 4.74 Å². The van der Waals surface area contributed by atoms with E-state index in [-0.39, 0.29) is 0 Å². The largest absolute Gasteiger partial charge is 0.497 e. The molecule has 0 aliphatic heterocycles. The van der Waals surface area contributed by atoms with Crippen molar-refractivity contribution < 1.29 is 9.84 Å². The molecule has 0 fully saturated rings. The number of fused-ring (bicyclic) bond motifs is 1. The number of aromatic nitrogens is 8. The van der Waals surface area contributed by atoms with Crippen molar-refractivity contribution in [2.75, 3.05) is 7.11 Å². The van der Waals surface area contributed by atoms with Crippen molar-refractivity contribution >= 4 is 5.78 Å². The number of aliphatic hydroxyl groups excluding tert-OH is 1. The normalized spacial score (nSPS) is 12.4. The standard InChI is InChI=1S/C22H22N8O2/c1-13(31)17-8-9-29-20(18-10-23-12-24-18)19(27-22(29)26-17)21-25-14(2)28-30(21)11-15-4-6-16(32-3)7-5-15/h4-10,12-13,31H,11H2,1-3H3,(H,23,24). The number of H-pyrrole nitrogens is 1. The maximum Gasteiger partial charge on any atom is 0.235 e. The van der Waals surface area contributed by atoms with Crippen molar-refractivity contribution in [2.45, 2.75) is 26.5 Å². The van der Waals surface area contributed by atoms with E-state index >= 15 is 0 Å². The first kappa shape index (κ1) is 19.9. The monoisotopic (exact) mass is 430 g/mol. The first-order valence-corrected chi connectivity index (χ1v) is 10.1. The van der Waals surface area contributed by atoms with Gasteiger partial charge in [0.25, 0.3) is 0 Å². The molecular formula is C22H22N8O2. The van der Waals surface area contributed by atoms with Crippen LogP contribution in [-0.4, -0.2) is 51.3 Å². The molecule has 10 nitrogen and oxygen atoms in total. The van der Waals surface area contributed by atoms with Crippen molar-refractivity contribution in [3.05, 3.63) is 66.1 Å². The maximum absolute atomic E-state index is 9.96. The summed E-state index contributed by atoms with van der Waals surface area (Å²) in [5.41, 5.74) is 3.65. The van der Waals surface area contributed by atoms with Crippen LogP contribution in [0.5, 0.6) is 5.75 Å². The van der Waals surface area contributed by atoms with E-state index in [0.29, 0.717) is 41.1 Å². The van der Waals surface area contributed by atoms with Crippen molar-refractivity contribution in [1.29, 1.82) is 0 Å². The first-order chi connectivity index (χ1) is 15.5. The number of nitrogens with one attached hydrogen (secondary N) is 1. The number of benzene rings is 1. The third-order valence-electron chi connectivity index (χ3n) is 5.17. The number of hydrogen-bond acceptors (Lipinski definition) is 7. The highest BCUT2D eigenvalue weighted by atomic mass is 16.5. The highest BCUT2D eigenvalue weighted by Crippen LogP contribution is 2.31. The van der Waals surface area contributed by atoms with Crippen LogP contribution in [0.15, 0.2) is 49.1 Å². The molecule has 4 aromatic heterocycles. The van der Waals surface area contributed by atoms with Crippen LogP contribution in [0.1, 0.15) is 30.1 Å². The molecule has 5 aromatic rings. The van der Waals surface area contributed by atoms with Crippen LogP contribution in [0, 0.1) is 6.92 Å². The van der Waals surface area contributed by atoms with Gasteiger partial charge in [0.05, 0.1) is 31.8 Å². The fraction of sp³-hybridized carbons (Fsp3) is 0.227. The average Bonchev–Trinajstić information content (AvgIpc) is 3.51. The molecule has 162 valence electrons. The number of hydrogen-bond donors (Lipinski definition) is 2. The summed E-state index contributed by atoms with van der Waals surface area (Å²) in [6, 6.07) is 9.59. The SMILES string of the molecule is COc1ccc(Cn2nc(C)nc2-c2nc3nc(C(C)O)ccn3c2-c2c[nH]cn2)cc1. The van der Waals surface area contributed by atoms with Crippen LogP contribution in [0.3, 0.4) is 0 Å². The molecule has 1 aromatic carbocycles. The Morgan fingerprint density at radius 3 is 2.62 bits per heavy atom. The number of rotatable bonds is 6. The van der Waals surface area contributed by atoms with Gasteiger partial charge in [0.15, 0.2) is 5.82 Å². The molecule has 0 amide bonds. The van der Waals surface area contributed by atoms with Crippen molar-refractivity contribution in [2.24, 2.45) is 0 Å². The summed E-state index contributed by atoms with van der Waals surface area (Å²) in [4.78, 5) is 21.4. The Morgan fingerprint density at radius 2 is 1.94 bits per heavy atom. The number of aromatic amines is 1. The molecule has 0 aliphatic carbocycles. The molecule has 10 heteroatoms. The molecule has 1 unspecified atom stereocenters. The van der Waals surface area contributed by atoms with Gasteiger partial charge < -0.3 is 14.8 Å². The van der Waals surface area contributed by atoms with E-state index in [4.69, 9.17) is 9.72 Å². The van der Waals surface area contributed by atoms with E-state index in [9.17, 15) is 5.11 Å². The van der Waals surface area contributed by atoms with Gasteiger partial charge in [-0.25, -0.2) is 24.6 Å². The van der Waals surface area contributed by atoms with Gasteiger partial charge in [-0.05, 0) is 37.6 Å². The molecular weight excluding hydrogens is 408 g/mol. The lowest BCUT2D eigenvalue weighted by Gasteiger charge is -2.07. The van der Waals surface area contributed by atoms with E-state index in [1.54, 1.807) is 32.6 Å². The summed E-state index contributed by atoms with van der Waals surface area (Å²) >= 11 is 0. The van der Waals surface area contributed by atoms with Crippen molar-refractivity contribution in [1.82, 2.24) is 39.1 Å². The second-order valence-corrected chi connectivity index (χ2v) is 7.45. The smallest absolute Gasteiger partial charge is 0.235 e. The minimum absolute atomic E-state index is 0.452. The molecule has 5 rings (SSSR count). The first-order valence-electron chi connectivity index (χ1n) is 10.1.